The van der Waals surface area contributed by atoms with Crippen molar-refractivity contribution < 1.29 is 4.92 Å². The minimum atomic E-state index is -0.450. The number of unbranched alkanes of at least 4 members (excludes halogenated alkanes) is 1. The van der Waals surface area contributed by atoms with Crippen LogP contribution in [0.3, 0.4) is 0 Å². The largest absolute Gasteiger partial charge is 0.362 e. The van der Waals surface area contributed by atoms with Crippen molar-refractivity contribution >= 4 is 40.1 Å². The zero-order valence-electron chi connectivity index (χ0n) is 13.8. The van der Waals surface area contributed by atoms with E-state index < -0.39 is 4.92 Å². The first-order chi connectivity index (χ1) is 12.1. The standard InChI is InChI=1S/C17H19N5O2S/c1-2-3-12-18-17(25)19-13-4-6-14(7-5-13)20-21-15-8-10-16(11-9-15)22(23)24/h4-11H,2-3,12H2,1H3,(H2,18,19,25). The van der Waals surface area contributed by atoms with Crippen LogP contribution in [0.2, 0.25) is 0 Å². The lowest BCUT2D eigenvalue weighted by molar-refractivity contribution is -0.384. The highest BCUT2D eigenvalue weighted by molar-refractivity contribution is 7.80. The molecule has 25 heavy (non-hydrogen) atoms. The predicted molar refractivity (Wildman–Crippen MR) is 103 cm³/mol. The summed E-state index contributed by atoms with van der Waals surface area (Å²) in [6, 6.07) is 13.2. The molecule has 0 atom stereocenters. The summed E-state index contributed by atoms with van der Waals surface area (Å²) in [6.45, 7) is 2.98. The molecule has 2 aromatic rings. The zero-order valence-corrected chi connectivity index (χ0v) is 14.6. The molecule has 0 aliphatic carbocycles. The SMILES string of the molecule is CCCCNC(=S)Nc1ccc(N=Nc2ccc([N+](=O)[O-])cc2)cc1. The van der Waals surface area contributed by atoms with Crippen LogP contribution in [0.4, 0.5) is 22.7 Å². The number of non-ortho nitro benzene ring substituents is 1. The Morgan fingerprint density at radius 2 is 1.64 bits per heavy atom. The number of nitrogens with one attached hydrogen (secondary N) is 2. The predicted octanol–water partition coefficient (Wildman–Crippen LogP) is 5.10. The van der Waals surface area contributed by atoms with Crippen molar-refractivity contribution in [1.82, 2.24) is 5.32 Å². The molecule has 0 saturated heterocycles. The first-order valence-corrected chi connectivity index (χ1v) is 8.30. The molecule has 0 heterocycles. The third-order valence-electron chi connectivity index (χ3n) is 3.28. The van der Waals surface area contributed by atoms with E-state index in [4.69, 9.17) is 12.2 Å². The molecule has 0 aliphatic rings. The van der Waals surface area contributed by atoms with E-state index in [1.807, 2.05) is 24.3 Å². The van der Waals surface area contributed by atoms with E-state index >= 15 is 0 Å². The summed E-state index contributed by atoms with van der Waals surface area (Å²) in [5.41, 5.74) is 2.11. The molecule has 0 radical (unpaired) electrons. The smallest absolute Gasteiger partial charge is 0.269 e. The minimum Gasteiger partial charge on any atom is -0.362 e. The summed E-state index contributed by atoms with van der Waals surface area (Å²) < 4.78 is 0. The van der Waals surface area contributed by atoms with E-state index in [0.717, 1.165) is 25.1 Å². The van der Waals surface area contributed by atoms with E-state index in [2.05, 4.69) is 27.8 Å². The quantitative estimate of drug-likeness (QED) is 0.236. The van der Waals surface area contributed by atoms with Crippen LogP contribution >= 0.6 is 12.2 Å². The molecule has 0 amide bonds. The van der Waals surface area contributed by atoms with E-state index in [-0.39, 0.29) is 5.69 Å². The molecule has 130 valence electrons. The lowest BCUT2D eigenvalue weighted by Gasteiger charge is -2.09. The van der Waals surface area contributed by atoms with Crippen molar-refractivity contribution in [2.45, 2.75) is 19.8 Å². The number of rotatable bonds is 7. The van der Waals surface area contributed by atoms with Gasteiger partial charge in [-0.15, -0.1) is 0 Å². The van der Waals surface area contributed by atoms with Gasteiger partial charge in [-0.25, -0.2) is 0 Å². The van der Waals surface area contributed by atoms with Gasteiger partial charge >= 0.3 is 0 Å². The molecule has 0 spiro atoms. The Morgan fingerprint density at radius 3 is 2.16 bits per heavy atom. The minimum absolute atomic E-state index is 0.0258. The molecule has 0 fully saturated rings. The second kappa shape index (κ2) is 9.43. The average molecular weight is 357 g/mol. The van der Waals surface area contributed by atoms with Gasteiger partial charge in [-0.1, -0.05) is 13.3 Å². The normalized spacial score (nSPS) is 10.6. The molecular weight excluding hydrogens is 338 g/mol. The van der Waals surface area contributed by atoms with Gasteiger partial charge in [0.25, 0.3) is 5.69 Å². The molecule has 0 saturated carbocycles. The van der Waals surface area contributed by atoms with Crippen molar-refractivity contribution in [3.8, 4) is 0 Å². The third kappa shape index (κ3) is 6.27. The lowest BCUT2D eigenvalue weighted by Crippen LogP contribution is -2.29. The maximum atomic E-state index is 10.6. The Kier molecular flexibility index (Phi) is 6.97. The zero-order chi connectivity index (χ0) is 18.1. The van der Waals surface area contributed by atoms with Gasteiger partial charge < -0.3 is 10.6 Å². The van der Waals surface area contributed by atoms with Crippen LogP contribution < -0.4 is 10.6 Å². The van der Waals surface area contributed by atoms with Crippen LogP contribution in [-0.2, 0) is 0 Å². The average Bonchev–Trinajstić information content (AvgIpc) is 2.62. The summed E-state index contributed by atoms with van der Waals surface area (Å²) in [4.78, 5) is 10.2. The Labute approximate surface area is 151 Å². The van der Waals surface area contributed by atoms with Gasteiger partial charge in [-0.2, -0.15) is 10.2 Å². The van der Waals surface area contributed by atoms with Crippen molar-refractivity contribution in [2.24, 2.45) is 10.2 Å². The van der Waals surface area contributed by atoms with Gasteiger partial charge in [0.15, 0.2) is 5.11 Å². The summed E-state index contributed by atoms with van der Waals surface area (Å²) in [6.07, 6.45) is 2.19. The van der Waals surface area contributed by atoms with Gasteiger partial charge in [0.2, 0.25) is 0 Å². The van der Waals surface area contributed by atoms with E-state index in [0.29, 0.717) is 16.5 Å². The summed E-state index contributed by atoms with van der Waals surface area (Å²) in [5, 5.41) is 25.6. The van der Waals surface area contributed by atoms with Crippen LogP contribution in [0.1, 0.15) is 19.8 Å². The van der Waals surface area contributed by atoms with Gasteiger partial charge in [0, 0.05) is 24.4 Å². The molecule has 2 aromatic carbocycles. The maximum Gasteiger partial charge on any atom is 0.269 e. The first kappa shape index (κ1) is 18.5. The van der Waals surface area contributed by atoms with Gasteiger partial charge in [-0.3, -0.25) is 10.1 Å². The number of nitro groups is 1. The van der Waals surface area contributed by atoms with Crippen LogP contribution in [0.15, 0.2) is 58.8 Å². The van der Waals surface area contributed by atoms with Gasteiger partial charge in [-0.05, 0) is 55.0 Å². The monoisotopic (exact) mass is 357 g/mol. The number of hydrogen-bond donors (Lipinski definition) is 2. The Morgan fingerprint density at radius 1 is 1.08 bits per heavy atom. The highest BCUT2D eigenvalue weighted by atomic mass is 32.1. The molecule has 2 rings (SSSR count). The summed E-state index contributed by atoms with van der Waals surface area (Å²) in [7, 11) is 0. The van der Waals surface area contributed by atoms with Crippen molar-refractivity contribution in [3.63, 3.8) is 0 Å². The number of benzene rings is 2. The lowest BCUT2D eigenvalue weighted by atomic mass is 10.3. The number of nitro benzene ring substituents is 1. The van der Waals surface area contributed by atoms with Gasteiger partial charge in [0.1, 0.15) is 0 Å². The van der Waals surface area contributed by atoms with Crippen LogP contribution in [-0.4, -0.2) is 16.6 Å². The molecule has 2 N–H and O–H groups in total. The highest BCUT2D eigenvalue weighted by Crippen LogP contribution is 2.22. The molecular formula is C17H19N5O2S. The number of nitrogens with zero attached hydrogens (tertiary/aromatic N) is 3. The molecule has 0 unspecified atom stereocenters. The van der Waals surface area contributed by atoms with Crippen LogP contribution in [0.5, 0.6) is 0 Å². The van der Waals surface area contributed by atoms with E-state index in [1.165, 1.54) is 12.1 Å². The van der Waals surface area contributed by atoms with Crippen LogP contribution in [0.25, 0.3) is 0 Å². The molecule has 8 heteroatoms. The Bertz CT molecular complexity index is 745. The highest BCUT2D eigenvalue weighted by Gasteiger charge is 2.03. The number of hydrogen-bond acceptors (Lipinski definition) is 5. The Hall–Kier alpha value is -2.87. The molecule has 7 nitrogen and oxygen atoms in total. The fraction of sp³-hybridized carbons (Fsp3) is 0.235. The van der Waals surface area contributed by atoms with Crippen molar-refractivity contribution in [1.29, 1.82) is 0 Å². The maximum absolute atomic E-state index is 10.6. The van der Waals surface area contributed by atoms with E-state index in [9.17, 15) is 10.1 Å². The first-order valence-electron chi connectivity index (χ1n) is 7.89. The second-order valence-electron chi connectivity index (χ2n) is 5.25. The third-order valence-corrected chi connectivity index (χ3v) is 3.53. The molecule has 0 bridgehead atoms. The molecule has 0 aromatic heterocycles. The fourth-order valence-corrected chi connectivity index (χ4v) is 2.14. The Balaban J connectivity index is 1.91. The van der Waals surface area contributed by atoms with Gasteiger partial charge in [0.05, 0.1) is 16.3 Å². The van der Waals surface area contributed by atoms with E-state index in [1.54, 1.807) is 12.1 Å². The molecule has 0 aliphatic heterocycles. The number of thiocarbonyl (C=S) groups is 1. The van der Waals surface area contributed by atoms with Crippen molar-refractivity contribution in [3.05, 3.63) is 58.6 Å². The van der Waals surface area contributed by atoms with Crippen LogP contribution in [0, 0.1) is 10.1 Å². The topological polar surface area (TPSA) is 91.9 Å². The van der Waals surface area contributed by atoms with Crippen molar-refractivity contribution in [2.75, 3.05) is 11.9 Å². The number of azo groups is 1. The summed E-state index contributed by atoms with van der Waals surface area (Å²) >= 11 is 5.21. The summed E-state index contributed by atoms with van der Waals surface area (Å²) in [5.74, 6) is 0. The fourth-order valence-electron chi connectivity index (χ4n) is 1.92. The number of anilines is 1. The second-order valence-corrected chi connectivity index (χ2v) is 5.66.